The van der Waals surface area contributed by atoms with Crippen molar-refractivity contribution in [1.82, 2.24) is 5.32 Å². The molecular weight excluding hydrogens is 228 g/mol. The first-order valence-corrected chi connectivity index (χ1v) is 6.27. The second-order valence-electron chi connectivity index (χ2n) is 4.96. The monoisotopic (exact) mass is 248 g/mol. The molecule has 2 rings (SSSR count). The molecule has 1 fully saturated rings. The summed E-state index contributed by atoms with van der Waals surface area (Å²) < 4.78 is 5.24. The van der Waals surface area contributed by atoms with Gasteiger partial charge in [0.05, 0.1) is 6.61 Å². The first-order valence-electron chi connectivity index (χ1n) is 6.27. The van der Waals surface area contributed by atoms with Crippen molar-refractivity contribution in [3.05, 3.63) is 29.3 Å². The van der Waals surface area contributed by atoms with Gasteiger partial charge in [0.15, 0.2) is 0 Å². The molecule has 0 saturated carbocycles. The van der Waals surface area contributed by atoms with E-state index < -0.39 is 0 Å². The summed E-state index contributed by atoms with van der Waals surface area (Å²) in [6.07, 6.45) is -0.243. The third kappa shape index (κ3) is 2.82. The Morgan fingerprint density at radius 3 is 2.61 bits per heavy atom. The molecule has 0 aliphatic carbocycles. The Hall–Kier alpha value is -1.55. The van der Waals surface area contributed by atoms with Crippen LogP contribution in [0.4, 0.5) is 10.5 Å². The number of cyclic esters (lactones) is 1. The van der Waals surface area contributed by atoms with Crippen molar-refractivity contribution in [2.75, 3.05) is 31.6 Å². The van der Waals surface area contributed by atoms with Crippen LogP contribution in [0.3, 0.4) is 0 Å². The highest BCUT2D eigenvalue weighted by atomic mass is 16.6. The Labute approximate surface area is 108 Å². The van der Waals surface area contributed by atoms with Gasteiger partial charge in [-0.15, -0.1) is 0 Å². The minimum absolute atomic E-state index is 0.243. The molecule has 0 aromatic heterocycles. The van der Waals surface area contributed by atoms with E-state index in [-0.39, 0.29) is 6.09 Å². The van der Waals surface area contributed by atoms with Gasteiger partial charge in [-0.25, -0.2) is 4.79 Å². The molecule has 0 bridgehead atoms. The quantitative estimate of drug-likeness (QED) is 0.890. The number of carbonyl (C=O) groups is 1. The van der Waals surface area contributed by atoms with Crippen molar-refractivity contribution in [1.29, 1.82) is 0 Å². The van der Waals surface area contributed by atoms with Crippen LogP contribution in [0.25, 0.3) is 0 Å². The maximum Gasteiger partial charge on any atom is 0.414 e. The predicted octanol–water partition coefficient (Wildman–Crippen LogP) is 2.10. The van der Waals surface area contributed by atoms with Crippen LogP contribution in [0.15, 0.2) is 18.2 Å². The molecule has 1 aliphatic rings. The lowest BCUT2D eigenvalue weighted by Gasteiger charge is -2.32. The fourth-order valence-corrected chi connectivity index (χ4v) is 2.38. The zero-order valence-electron chi connectivity index (χ0n) is 11.2. The Morgan fingerprint density at radius 2 is 2.00 bits per heavy atom. The molecule has 4 heteroatoms. The summed E-state index contributed by atoms with van der Waals surface area (Å²) >= 11 is 0. The molecule has 1 heterocycles. The highest BCUT2D eigenvalue weighted by Crippen LogP contribution is 2.23. The number of nitrogens with one attached hydrogen (secondary N) is 1. The van der Waals surface area contributed by atoms with Gasteiger partial charge in [0, 0.05) is 24.7 Å². The van der Waals surface area contributed by atoms with E-state index in [1.54, 1.807) is 4.90 Å². The van der Waals surface area contributed by atoms with E-state index in [2.05, 4.69) is 11.4 Å². The minimum atomic E-state index is -0.243. The van der Waals surface area contributed by atoms with E-state index in [1.807, 2.05) is 33.0 Å². The average molecular weight is 248 g/mol. The van der Waals surface area contributed by atoms with Crippen LogP contribution in [-0.2, 0) is 4.74 Å². The first-order chi connectivity index (χ1) is 8.60. The number of ether oxygens (including phenoxy) is 1. The number of rotatable bonds is 3. The van der Waals surface area contributed by atoms with Crippen molar-refractivity contribution in [2.24, 2.45) is 5.92 Å². The second-order valence-corrected chi connectivity index (χ2v) is 4.96. The van der Waals surface area contributed by atoms with Crippen molar-refractivity contribution >= 4 is 11.8 Å². The van der Waals surface area contributed by atoms with Crippen LogP contribution in [0.2, 0.25) is 0 Å². The summed E-state index contributed by atoms with van der Waals surface area (Å²) in [6, 6.07) is 6.15. The van der Waals surface area contributed by atoms with Gasteiger partial charge in [0.1, 0.15) is 0 Å². The lowest BCUT2D eigenvalue weighted by atomic mass is 10.1. The van der Waals surface area contributed by atoms with Crippen molar-refractivity contribution in [3.63, 3.8) is 0 Å². The van der Waals surface area contributed by atoms with Crippen LogP contribution in [-0.4, -0.2) is 32.8 Å². The number of hydrogen-bond acceptors (Lipinski definition) is 3. The zero-order chi connectivity index (χ0) is 13.1. The van der Waals surface area contributed by atoms with Crippen molar-refractivity contribution in [3.8, 4) is 0 Å². The summed E-state index contributed by atoms with van der Waals surface area (Å²) in [6.45, 7) is 6.14. The van der Waals surface area contributed by atoms with Gasteiger partial charge in [-0.3, -0.25) is 4.90 Å². The lowest BCUT2D eigenvalue weighted by Crippen LogP contribution is -2.46. The predicted molar refractivity (Wildman–Crippen MR) is 72.0 cm³/mol. The smallest absolute Gasteiger partial charge is 0.414 e. The molecule has 0 radical (unpaired) electrons. The minimum Gasteiger partial charge on any atom is -0.449 e. The van der Waals surface area contributed by atoms with Gasteiger partial charge in [-0.05, 0) is 44.2 Å². The van der Waals surface area contributed by atoms with Gasteiger partial charge < -0.3 is 10.1 Å². The molecule has 98 valence electrons. The standard InChI is InChI=1S/C14H20N2O2/c1-10-4-11(2)6-13(5-10)16-8-12(7-15-3)9-18-14(16)17/h4-6,12,15H,7-9H2,1-3H3. The Bertz CT molecular complexity index is 425. The first kappa shape index (κ1) is 12.9. The molecule has 1 aromatic rings. The number of anilines is 1. The van der Waals surface area contributed by atoms with Gasteiger partial charge in [-0.1, -0.05) is 6.07 Å². The lowest BCUT2D eigenvalue weighted by molar-refractivity contribution is 0.115. The Kier molecular flexibility index (Phi) is 3.87. The molecule has 0 spiro atoms. The van der Waals surface area contributed by atoms with E-state index in [4.69, 9.17) is 4.74 Å². The van der Waals surface area contributed by atoms with E-state index >= 15 is 0 Å². The average Bonchev–Trinajstić information content (AvgIpc) is 2.30. The number of nitrogens with zero attached hydrogens (tertiary/aromatic N) is 1. The van der Waals surface area contributed by atoms with Crippen LogP contribution >= 0.6 is 0 Å². The number of hydrogen-bond donors (Lipinski definition) is 1. The summed E-state index contributed by atoms with van der Waals surface area (Å²) in [7, 11) is 1.91. The fraction of sp³-hybridized carbons (Fsp3) is 0.500. The highest BCUT2D eigenvalue weighted by Gasteiger charge is 2.28. The Balaban J connectivity index is 2.21. The molecule has 1 atom stereocenters. The van der Waals surface area contributed by atoms with Crippen molar-refractivity contribution < 1.29 is 9.53 Å². The normalized spacial score (nSPS) is 19.8. The van der Waals surface area contributed by atoms with Crippen LogP contribution < -0.4 is 10.2 Å². The third-order valence-corrected chi connectivity index (χ3v) is 3.11. The zero-order valence-corrected chi connectivity index (χ0v) is 11.2. The molecule has 1 aliphatic heterocycles. The molecule has 1 unspecified atom stereocenters. The maximum atomic E-state index is 11.9. The van der Waals surface area contributed by atoms with Crippen LogP contribution in [0, 0.1) is 19.8 Å². The number of benzene rings is 1. The van der Waals surface area contributed by atoms with Gasteiger partial charge in [0.2, 0.25) is 0 Å². The highest BCUT2D eigenvalue weighted by molar-refractivity contribution is 5.88. The van der Waals surface area contributed by atoms with Crippen LogP contribution in [0.1, 0.15) is 11.1 Å². The molecule has 1 saturated heterocycles. The SMILES string of the molecule is CNCC1COC(=O)N(c2cc(C)cc(C)c2)C1. The molecule has 1 N–H and O–H groups in total. The van der Waals surface area contributed by atoms with E-state index in [0.29, 0.717) is 19.1 Å². The molecular formula is C14H20N2O2. The van der Waals surface area contributed by atoms with Crippen LogP contribution in [0.5, 0.6) is 0 Å². The largest absolute Gasteiger partial charge is 0.449 e. The molecule has 1 amide bonds. The summed E-state index contributed by atoms with van der Waals surface area (Å²) in [5.74, 6) is 0.341. The summed E-state index contributed by atoms with van der Waals surface area (Å²) in [5, 5.41) is 3.13. The molecule has 1 aromatic carbocycles. The maximum absolute atomic E-state index is 11.9. The number of aryl methyl sites for hydroxylation is 2. The van der Waals surface area contributed by atoms with Gasteiger partial charge >= 0.3 is 6.09 Å². The van der Waals surface area contributed by atoms with Gasteiger partial charge in [0.25, 0.3) is 0 Å². The fourth-order valence-electron chi connectivity index (χ4n) is 2.38. The van der Waals surface area contributed by atoms with Crippen molar-refractivity contribution in [2.45, 2.75) is 13.8 Å². The van der Waals surface area contributed by atoms with E-state index in [9.17, 15) is 4.79 Å². The topological polar surface area (TPSA) is 41.6 Å². The second kappa shape index (κ2) is 5.40. The molecule has 4 nitrogen and oxygen atoms in total. The third-order valence-electron chi connectivity index (χ3n) is 3.11. The summed E-state index contributed by atoms with van der Waals surface area (Å²) in [4.78, 5) is 13.6. The van der Waals surface area contributed by atoms with E-state index in [0.717, 1.165) is 23.4 Å². The molecule has 18 heavy (non-hydrogen) atoms. The van der Waals surface area contributed by atoms with E-state index in [1.165, 1.54) is 0 Å². The Morgan fingerprint density at radius 1 is 1.33 bits per heavy atom. The van der Waals surface area contributed by atoms with Gasteiger partial charge in [-0.2, -0.15) is 0 Å². The number of amides is 1. The summed E-state index contributed by atoms with van der Waals surface area (Å²) in [5.41, 5.74) is 3.25. The number of carbonyl (C=O) groups excluding carboxylic acids is 1.